The van der Waals surface area contributed by atoms with Gasteiger partial charge in [0.1, 0.15) is 11.4 Å². The molecule has 0 saturated carbocycles. The van der Waals surface area contributed by atoms with Crippen LogP contribution in [0, 0.1) is 0 Å². The van der Waals surface area contributed by atoms with Crippen molar-refractivity contribution in [2.45, 2.75) is 25.4 Å². The van der Waals surface area contributed by atoms with E-state index in [0.29, 0.717) is 13.0 Å². The number of carbonyl (C=O) groups excluding carboxylic acids is 1. The van der Waals surface area contributed by atoms with E-state index in [9.17, 15) is 4.79 Å². The summed E-state index contributed by atoms with van der Waals surface area (Å²) >= 11 is 0. The molecule has 1 saturated heterocycles. The van der Waals surface area contributed by atoms with Crippen molar-refractivity contribution < 1.29 is 14.3 Å². The Bertz CT molecular complexity index is 383. The van der Waals surface area contributed by atoms with Crippen molar-refractivity contribution in [2.75, 3.05) is 13.7 Å². The van der Waals surface area contributed by atoms with Crippen molar-refractivity contribution in [3.05, 3.63) is 29.8 Å². The van der Waals surface area contributed by atoms with E-state index in [1.165, 1.54) is 0 Å². The maximum atomic E-state index is 11.9. The zero-order valence-electron chi connectivity index (χ0n) is 9.66. The van der Waals surface area contributed by atoms with Crippen molar-refractivity contribution in [2.24, 2.45) is 0 Å². The lowest BCUT2D eigenvalue weighted by atomic mass is 9.87. The average molecular weight is 220 g/mol. The molecule has 0 bridgehead atoms. The quantitative estimate of drug-likeness (QED) is 0.767. The predicted octanol–water partition coefficient (Wildman–Crippen LogP) is 2.29. The van der Waals surface area contributed by atoms with Gasteiger partial charge >= 0.3 is 0 Å². The number of Topliss-reactive ketones (excluding diaryl/α,β-unsaturated/α-hetero) is 1. The maximum Gasteiger partial charge on any atom is 0.168 e. The van der Waals surface area contributed by atoms with Gasteiger partial charge in [0.15, 0.2) is 5.78 Å². The van der Waals surface area contributed by atoms with Crippen LogP contribution in [0.1, 0.15) is 25.3 Å². The van der Waals surface area contributed by atoms with E-state index in [1.807, 2.05) is 31.2 Å². The lowest BCUT2D eigenvalue weighted by Crippen LogP contribution is -2.39. The second kappa shape index (κ2) is 4.26. The molecule has 3 nitrogen and oxygen atoms in total. The summed E-state index contributed by atoms with van der Waals surface area (Å²) in [5.74, 6) is 0.944. The van der Waals surface area contributed by atoms with Gasteiger partial charge in [-0.1, -0.05) is 12.1 Å². The summed E-state index contributed by atoms with van der Waals surface area (Å²) in [5.41, 5.74) is 0.128. The number of methoxy groups -OCH3 is 1. The summed E-state index contributed by atoms with van der Waals surface area (Å²) in [5, 5.41) is 0. The van der Waals surface area contributed by atoms with Crippen LogP contribution in [-0.4, -0.2) is 19.5 Å². The van der Waals surface area contributed by atoms with Crippen LogP contribution in [0.2, 0.25) is 0 Å². The minimum absolute atomic E-state index is 0.156. The van der Waals surface area contributed by atoms with E-state index in [-0.39, 0.29) is 5.78 Å². The molecule has 0 radical (unpaired) electrons. The van der Waals surface area contributed by atoms with E-state index in [4.69, 9.17) is 9.47 Å². The number of ether oxygens (including phenoxy) is 2. The van der Waals surface area contributed by atoms with Crippen LogP contribution >= 0.6 is 0 Å². The molecule has 1 aromatic rings. The highest BCUT2D eigenvalue weighted by molar-refractivity contribution is 5.88. The molecule has 86 valence electrons. The maximum absolute atomic E-state index is 11.9. The van der Waals surface area contributed by atoms with Crippen LogP contribution in [0.5, 0.6) is 5.75 Å². The minimum atomic E-state index is -0.773. The van der Waals surface area contributed by atoms with Crippen LogP contribution in [0.25, 0.3) is 0 Å². The summed E-state index contributed by atoms with van der Waals surface area (Å²) in [4.78, 5) is 11.9. The summed E-state index contributed by atoms with van der Waals surface area (Å²) < 4.78 is 10.7. The molecule has 16 heavy (non-hydrogen) atoms. The van der Waals surface area contributed by atoms with Gasteiger partial charge in [0, 0.05) is 13.0 Å². The molecule has 1 aliphatic rings. The van der Waals surface area contributed by atoms with Crippen LogP contribution in [0.4, 0.5) is 0 Å². The SMILES string of the molecule is COc1ccc(C2(C)OCCCC2=O)cc1. The predicted molar refractivity (Wildman–Crippen MR) is 60.5 cm³/mol. The monoisotopic (exact) mass is 220 g/mol. The molecule has 0 amide bonds. The number of hydrogen-bond donors (Lipinski definition) is 0. The van der Waals surface area contributed by atoms with Gasteiger partial charge < -0.3 is 9.47 Å². The summed E-state index contributed by atoms with van der Waals surface area (Å²) in [7, 11) is 1.62. The standard InChI is InChI=1S/C13H16O3/c1-13(12(14)4-3-9-16-13)10-5-7-11(15-2)8-6-10/h5-8H,3-4,9H2,1-2H3. The van der Waals surface area contributed by atoms with Crippen molar-refractivity contribution in [3.8, 4) is 5.75 Å². The Morgan fingerprint density at radius 1 is 1.31 bits per heavy atom. The molecular weight excluding hydrogens is 204 g/mol. The summed E-state index contributed by atoms with van der Waals surface area (Å²) in [6.07, 6.45) is 1.42. The van der Waals surface area contributed by atoms with Gasteiger partial charge in [-0.3, -0.25) is 4.79 Å². The van der Waals surface area contributed by atoms with Gasteiger partial charge in [0.25, 0.3) is 0 Å². The Hall–Kier alpha value is -1.35. The fraction of sp³-hybridized carbons (Fsp3) is 0.462. The van der Waals surface area contributed by atoms with Crippen molar-refractivity contribution >= 4 is 5.78 Å². The molecule has 1 unspecified atom stereocenters. The molecule has 1 aliphatic heterocycles. The van der Waals surface area contributed by atoms with E-state index >= 15 is 0 Å². The fourth-order valence-corrected chi connectivity index (χ4v) is 1.98. The van der Waals surface area contributed by atoms with Crippen LogP contribution in [0.3, 0.4) is 0 Å². The van der Waals surface area contributed by atoms with Crippen LogP contribution < -0.4 is 4.74 Å². The third kappa shape index (κ3) is 1.83. The summed E-state index contributed by atoms with van der Waals surface area (Å²) in [6, 6.07) is 7.49. The lowest BCUT2D eigenvalue weighted by molar-refractivity contribution is -0.151. The topological polar surface area (TPSA) is 35.5 Å². The van der Waals surface area contributed by atoms with Gasteiger partial charge in [-0.05, 0) is 31.0 Å². The molecule has 0 aliphatic carbocycles. The van der Waals surface area contributed by atoms with E-state index in [0.717, 1.165) is 17.7 Å². The molecule has 0 aromatic heterocycles. The molecule has 1 atom stereocenters. The van der Waals surface area contributed by atoms with E-state index < -0.39 is 5.60 Å². The van der Waals surface area contributed by atoms with Gasteiger partial charge in [-0.2, -0.15) is 0 Å². The first-order valence-corrected chi connectivity index (χ1v) is 5.48. The highest BCUT2D eigenvalue weighted by atomic mass is 16.5. The van der Waals surface area contributed by atoms with Crippen LogP contribution in [0.15, 0.2) is 24.3 Å². The average Bonchev–Trinajstić information content (AvgIpc) is 2.33. The molecule has 1 fully saturated rings. The zero-order valence-corrected chi connectivity index (χ0v) is 9.66. The first-order valence-electron chi connectivity index (χ1n) is 5.48. The molecule has 0 N–H and O–H groups in total. The molecule has 2 rings (SSSR count). The number of carbonyl (C=O) groups is 1. The van der Waals surface area contributed by atoms with Gasteiger partial charge in [-0.15, -0.1) is 0 Å². The van der Waals surface area contributed by atoms with E-state index in [1.54, 1.807) is 7.11 Å². The van der Waals surface area contributed by atoms with Crippen molar-refractivity contribution in [1.29, 1.82) is 0 Å². The van der Waals surface area contributed by atoms with Crippen LogP contribution in [-0.2, 0) is 15.1 Å². The smallest absolute Gasteiger partial charge is 0.168 e. The van der Waals surface area contributed by atoms with E-state index in [2.05, 4.69) is 0 Å². The second-order valence-corrected chi connectivity index (χ2v) is 4.14. The largest absolute Gasteiger partial charge is 0.497 e. The first-order chi connectivity index (χ1) is 7.66. The minimum Gasteiger partial charge on any atom is -0.497 e. The van der Waals surface area contributed by atoms with Crippen molar-refractivity contribution in [1.82, 2.24) is 0 Å². The number of rotatable bonds is 2. The zero-order chi connectivity index (χ0) is 11.6. The van der Waals surface area contributed by atoms with Gasteiger partial charge in [0.05, 0.1) is 7.11 Å². The molecule has 1 aromatic carbocycles. The molecule has 1 heterocycles. The van der Waals surface area contributed by atoms with Crippen molar-refractivity contribution in [3.63, 3.8) is 0 Å². The second-order valence-electron chi connectivity index (χ2n) is 4.14. The number of ketones is 1. The Kier molecular flexibility index (Phi) is 2.97. The highest BCUT2D eigenvalue weighted by Gasteiger charge is 2.37. The third-order valence-corrected chi connectivity index (χ3v) is 3.11. The fourth-order valence-electron chi connectivity index (χ4n) is 1.98. The third-order valence-electron chi connectivity index (χ3n) is 3.11. The molecule has 0 spiro atoms. The highest BCUT2D eigenvalue weighted by Crippen LogP contribution is 2.32. The van der Waals surface area contributed by atoms with Gasteiger partial charge in [0.2, 0.25) is 0 Å². The lowest BCUT2D eigenvalue weighted by Gasteiger charge is -2.32. The Morgan fingerprint density at radius 3 is 2.56 bits per heavy atom. The Morgan fingerprint density at radius 2 is 2.00 bits per heavy atom. The summed E-state index contributed by atoms with van der Waals surface area (Å²) in [6.45, 7) is 2.49. The normalized spacial score (nSPS) is 25.5. The molecular formula is C13H16O3. The first kappa shape index (κ1) is 11.1. The number of hydrogen-bond acceptors (Lipinski definition) is 3. The Labute approximate surface area is 95.4 Å². The molecule has 3 heteroatoms. The van der Waals surface area contributed by atoms with Gasteiger partial charge in [-0.25, -0.2) is 0 Å². The number of benzene rings is 1. The Balaban J connectivity index is 2.30.